The molecule has 4 rings (SSSR count). The Morgan fingerprint density at radius 3 is 2.47 bits per heavy atom. The lowest BCUT2D eigenvalue weighted by Crippen LogP contribution is -2.36. The first-order valence-electron chi connectivity index (χ1n) is 13.0. The maximum absolute atomic E-state index is 13.1. The number of benzene rings is 1. The normalized spacial score (nSPS) is 18.9. The van der Waals surface area contributed by atoms with Gasteiger partial charge in [0.05, 0.1) is 4.90 Å². The highest BCUT2D eigenvalue weighted by molar-refractivity contribution is 7.89. The van der Waals surface area contributed by atoms with Gasteiger partial charge in [-0.05, 0) is 70.0 Å². The van der Waals surface area contributed by atoms with Gasteiger partial charge in [-0.1, -0.05) is 32.1 Å². The molecule has 1 aromatic heterocycles. The van der Waals surface area contributed by atoms with Gasteiger partial charge < -0.3 is 14.8 Å². The van der Waals surface area contributed by atoms with Crippen molar-refractivity contribution in [2.75, 3.05) is 33.2 Å². The number of fused-ring (bicyclic) bond motifs is 1. The first-order valence-corrected chi connectivity index (χ1v) is 14.4. The second-order valence-electron chi connectivity index (χ2n) is 9.96. The van der Waals surface area contributed by atoms with Crippen LogP contribution >= 0.6 is 0 Å². The molecule has 0 spiro atoms. The Kier molecular flexibility index (Phi) is 8.66. The summed E-state index contributed by atoms with van der Waals surface area (Å²) in [5, 5.41) is 3.88. The molecule has 1 amide bonds. The number of nitrogens with one attached hydrogen (secondary N) is 1. The van der Waals surface area contributed by atoms with Gasteiger partial charge in [-0.2, -0.15) is 4.31 Å². The lowest BCUT2D eigenvalue weighted by molar-refractivity contribution is -0.121. The first kappa shape index (κ1) is 25.2. The molecule has 0 atom stereocenters. The van der Waals surface area contributed by atoms with Crippen LogP contribution in [0.1, 0.15) is 64.2 Å². The second kappa shape index (κ2) is 11.7. The molecular weight excluding hydrogens is 448 g/mol. The number of carbonyl (C=O) groups excluding carboxylic acids is 1. The fourth-order valence-corrected chi connectivity index (χ4v) is 6.93. The van der Waals surface area contributed by atoms with Crippen molar-refractivity contribution >= 4 is 26.8 Å². The second-order valence-corrected chi connectivity index (χ2v) is 11.9. The van der Waals surface area contributed by atoms with Crippen LogP contribution in [0, 0.1) is 0 Å². The topological polar surface area (TPSA) is 74.6 Å². The molecule has 7 nitrogen and oxygen atoms in total. The van der Waals surface area contributed by atoms with Crippen molar-refractivity contribution in [3.8, 4) is 0 Å². The number of hydrogen-bond donors (Lipinski definition) is 1. The van der Waals surface area contributed by atoms with E-state index in [0.29, 0.717) is 30.6 Å². The molecule has 8 heteroatoms. The third-order valence-corrected chi connectivity index (χ3v) is 9.36. The Morgan fingerprint density at radius 2 is 1.74 bits per heavy atom. The number of aromatic nitrogens is 1. The molecule has 2 aliphatic rings. The maximum atomic E-state index is 13.1. The lowest BCUT2D eigenvalue weighted by Gasteiger charge is -2.31. The quantitative estimate of drug-likeness (QED) is 0.542. The summed E-state index contributed by atoms with van der Waals surface area (Å²) in [6.07, 6.45) is 13.5. The van der Waals surface area contributed by atoms with Gasteiger partial charge in [0.1, 0.15) is 6.54 Å². The Bertz CT molecular complexity index is 1050. The Labute approximate surface area is 204 Å². The van der Waals surface area contributed by atoms with Crippen molar-refractivity contribution in [2.24, 2.45) is 0 Å². The Morgan fingerprint density at radius 1 is 1.03 bits per heavy atom. The van der Waals surface area contributed by atoms with Crippen LogP contribution in [-0.4, -0.2) is 67.4 Å². The van der Waals surface area contributed by atoms with Crippen molar-refractivity contribution in [2.45, 2.75) is 81.7 Å². The summed E-state index contributed by atoms with van der Waals surface area (Å²) in [6.45, 7) is 3.11. The van der Waals surface area contributed by atoms with Crippen LogP contribution in [0.5, 0.6) is 0 Å². The number of carbonyl (C=O) groups is 1. The minimum absolute atomic E-state index is 0.0147. The highest BCUT2D eigenvalue weighted by Crippen LogP contribution is 2.25. The molecule has 0 unspecified atom stereocenters. The van der Waals surface area contributed by atoms with Gasteiger partial charge in [-0.25, -0.2) is 8.42 Å². The number of amides is 1. The molecule has 1 aliphatic carbocycles. The van der Waals surface area contributed by atoms with Gasteiger partial charge in [-0.15, -0.1) is 0 Å². The minimum atomic E-state index is -3.48. The van der Waals surface area contributed by atoms with Gasteiger partial charge in [0.2, 0.25) is 15.9 Å². The van der Waals surface area contributed by atoms with Crippen LogP contribution < -0.4 is 5.32 Å². The van der Waals surface area contributed by atoms with Crippen molar-refractivity contribution in [1.82, 2.24) is 19.1 Å². The zero-order valence-electron chi connectivity index (χ0n) is 20.5. The van der Waals surface area contributed by atoms with E-state index >= 15 is 0 Å². The molecule has 0 bridgehead atoms. The van der Waals surface area contributed by atoms with Crippen LogP contribution in [0.4, 0.5) is 0 Å². The van der Waals surface area contributed by atoms with E-state index < -0.39 is 10.0 Å². The van der Waals surface area contributed by atoms with E-state index in [1.807, 2.05) is 22.9 Å². The summed E-state index contributed by atoms with van der Waals surface area (Å²) in [6, 6.07) is 7.84. The summed E-state index contributed by atoms with van der Waals surface area (Å²) in [7, 11) is -1.28. The standard InChI is InChI=1S/C26H40N4O3S/c1-28(23-10-5-4-6-11-23)16-9-15-27-26(31)21-29-19-14-22-20-24(12-13-25(22)29)34(32,33)30-17-7-2-3-8-18-30/h12-14,19-20,23H,2-11,15-18,21H2,1H3,(H,27,31). The molecule has 1 aromatic carbocycles. The molecule has 34 heavy (non-hydrogen) atoms. The third-order valence-electron chi connectivity index (χ3n) is 7.47. The van der Waals surface area contributed by atoms with Crippen LogP contribution in [0.2, 0.25) is 0 Å². The minimum Gasteiger partial charge on any atom is -0.355 e. The largest absolute Gasteiger partial charge is 0.355 e. The van der Waals surface area contributed by atoms with Gasteiger partial charge in [0.15, 0.2) is 0 Å². The smallest absolute Gasteiger partial charge is 0.243 e. The molecule has 0 radical (unpaired) electrons. The molecule has 1 aliphatic heterocycles. The maximum Gasteiger partial charge on any atom is 0.243 e. The summed E-state index contributed by atoms with van der Waals surface area (Å²) >= 11 is 0. The van der Waals surface area contributed by atoms with E-state index in [2.05, 4.69) is 17.3 Å². The van der Waals surface area contributed by atoms with Crippen molar-refractivity contribution in [1.29, 1.82) is 0 Å². The van der Waals surface area contributed by atoms with Gasteiger partial charge in [-0.3, -0.25) is 4.79 Å². The van der Waals surface area contributed by atoms with Crippen LogP contribution in [0.25, 0.3) is 10.9 Å². The molecule has 2 heterocycles. The molecule has 1 saturated heterocycles. The summed E-state index contributed by atoms with van der Waals surface area (Å²) in [4.78, 5) is 15.3. The van der Waals surface area contributed by atoms with E-state index in [1.54, 1.807) is 16.4 Å². The average Bonchev–Trinajstić information content (AvgIpc) is 3.05. The molecule has 1 saturated carbocycles. The highest BCUT2D eigenvalue weighted by atomic mass is 32.2. The van der Waals surface area contributed by atoms with E-state index in [1.165, 1.54) is 32.1 Å². The summed E-state index contributed by atoms with van der Waals surface area (Å²) < 4.78 is 29.7. The predicted octanol–water partition coefficient (Wildman–Crippen LogP) is 3.98. The van der Waals surface area contributed by atoms with Crippen molar-refractivity contribution in [3.63, 3.8) is 0 Å². The average molecular weight is 489 g/mol. The fraction of sp³-hybridized carbons (Fsp3) is 0.654. The third kappa shape index (κ3) is 6.20. The molecule has 2 fully saturated rings. The van der Waals surface area contributed by atoms with Crippen LogP contribution in [0.3, 0.4) is 0 Å². The molecule has 1 N–H and O–H groups in total. The Hall–Kier alpha value is -1.90. The highest BCUT2D eigenvalue weighted by Gasteiger charge is 2.25. The zero-order valence-corrected chi connectivity index (χ0v) is 21.4. The Balaban J connectivity index is 1.30. The van der Waals surface area contributed by atoms with E-state index in [9.17, 15) is 13.2 Å². The van der Waals surface area contributed by atoms with Gasteiger partial charge in [0.25, 0.3) is 0 Å². The number of hydrogen-bond acceptors (Lipinski definition) is 4. The SMILES string of the molecule is CN(CCCNC(=O)Cn1ccc2cc(S(=O)(=O)N3CCCCCC3)ccc21)C1CCCCC1. The molecule has 2 aromatic rings. The fourth-order valence-electron chi connectivity index (χ4n) is 5.38. The molecular formula is C26H40N4O3S. The number of rotatable bonds is 9. The summed E-state index contributed by atoms with van der Waals surface area (Å²) in [5.41, 5.74) is 0.877. The van der Waals surface area contributed by atoms with Crippen LogP contribution in [-0.2, 0) is 21.4 Å². The van der Waals surface area contributed by atoms with E-state index in [-0.39, 0.29) is 12.5 Å². The molecule has 188 valence electrons. The predicted molar refractivity (Wildman–Crippen MR) is 136 cm³/mol. The number of nitrogens with zero attached hydrogens (tertiary/aromatic N) is 3. The van der Waals surface area contributed by atoms with E-state index in [4.69, 9.17) is 0 Å². The summed E-state index contributed by atoms with van der Waals surface area (Å²) in [5.74, 6) is -0.0147. The van der Waals surface area contributed by atoms with E-state index in [0.717, 1.165) is 49.6 Å². The first-order chi connectivity index (χ1) is 16.4. The van der Waals surface area contributed by atoms with Gasteiger partial charge in [0, 0.05) is 42.8 Å². The monoisotopic (exact) mass is 488 g/mol. The van der Waals surface area contributed by atoms with Gasteiger partial charge >= 0.3 is 0 Å². The zero-order chi connectivity index (χ0) is 24.0. The lowest BCUT2D eigenvalue weighted by atomic mass is 9.94. The number of sulfonamides is 1. The van der Waals surface area contributed by atoms with Crippen molar-refractivity contribution in [3.05, 3.63) is 30.5 Å². The van der Waals surface area contributed by atoms with Crippen molar-refractivity contribution < 1.29 is 13.2 Å². The van der Waals surface area contributed by atoms with Crippen LogP contribution in [0.15, 0.2) is 35.4 Å².